The zero-order chi connectivity index (χ0) is 22.3. The van der Waals surface area contributed by atoms with Crippen LogP contribution >= 0.6 is 0 Å². The van der Waals surface area contributed by atoms with Gasteiger partial charge in [0.05, 0.1) is 11.3 Å². The van der Waals surface area contributed by atoms with Crippen LogP contribution in [0.3, 0.4) is 0 Å². The van der Waals surface area contributed by atoms with Crippen molar-refractivity contribution in [3.63, 3.8) is 0 Å². The van der Waals surface area contributed by atoms with Gasteiger partial charge in [-0.15, -0.1) is 0 Å². The molecular weight excluding hydrogens is 413 g/mol. The number of urea groups is 1. The summed E-state index contributed by atoms with van der Waals surface area (Å²) in [4.78, 5) is 37.6. The van der Waals surface area contributed by atoms with Gasteiger partial charge in [-0.05, 0) is 36.8 Å². The number of benzene rings is 2. The maximum absolute atomic E-state index is 13.6. The van der Waals surface area contributed by atoms with E-state index in [4.69, 9.17) is 0 Å². The van der Waals surface area contributed by atoms with E-state index in [-0.39, 0.29) is 5.56 Å². The van der Waals surface area contributed by atoms with Gasteiger partial charge in [0.2, 0.25) is 5.91 Å². The second-order valence-corrected chi connectivity index (χ2v) is 6.70. The molecule has 1 fully saturated rings. The monoisotopic (exact) mass is 427 g/mol. The Morgan fingerprint density at radius 1 is 1.13 bits per heavy atom. The van der Waals surface area contributed by atoms with Gasteiger partial charge in [0.15, 0.2) is 0 Å². The number of hydrogen-bond acceptors (Lipinski definition) is 3. The molecule has 11 heteroatoms. The molecule has 0 spiro atoms. The fourth-order valence-corrected chi connectivity index (χ4v) is 2.97. The van der Waals surface area contributed by atoms with E-state index in [1.54, 1.807) is 0 Å². The van der Waals surface area contributed by atoms with Crippen molar-refractivity contribution in [2.45, 2.75) is 18.6 Å². The highest BCUT2D eigenvalue weighted by atomic mass is 19.4. The Morgan fingerprint density at radius 3 is 2.50 bits per heavy atom. The molecule has 4 amide bonds. The summed E-state index contributed by atoms with van der Waals surface area (Å²) in [7, 11) is 0. The van der Waals surface area contributed by atoms with Crippen molar-refractivity contribution in [3.8, 4) is 0 Å². The van der Waals surface area contributed by atoms with E-state index in [1.807, 2.05) is 5.32 Å². The third-order valence-corrected chi connectivity index (χ3v) is 4.55. The van der Waals surface area contributed by atoms with Crippen molar-refractivity contribution < 1.29 is 36.3 Å². The van der Waals surface area contributed by atoms with E-state index >= 15 is 0 Å². The lowest BCUT2D eigenvalue weighted by molar-refractivity contribution is -0.138. The summed E-state index contributed by atoms with van der Waals surface area (Å²) in [5, 5.41) is 4.31. The fourth-order valence-electron chi connectivity index (χ4n) is 2.97. The van der Waals surface area contributed by atoms with E-state index in [1.165, 1.54) is 13.0 Å². The number of hydrogen-bond donors (Lipinski definition) is 2. The van der Waals surface area contributed by atoms with Gasteiger partial charge in [-0.3, -0.25) is 14.5 Å². The lowest BCUT2D eigenvalue weighted by atomic mass is 9.90. The van der Waals surface area contributed by atoms with Crippen LogP contribution in [0.5, 0.6) is 0 Å². The number of alkyl halides is 3. The minimum Gasteiger partial charge on any atom is -0.322 e. The smallest absolute Gasteiger partial charge is 0.322 e. The SMILES string of the molecule is C[C@@]1(c2cccc(C(F)(F)F)c2)NC(=O)N(CC(=O)Nc2cc(F)ccc2F)C1=O. The summed E-state index contributed by atoms with van der Waals surface area (Å²) in [5.41, 5.74) is -3.48. The van der Waals surface area contributed by atoms with Gasteiger partial charge in [0.1, 0.15) is 23.7 Å². The van der Waals surface area contributed by atoms with Crippen LogP contribution < -0.4 is 10.6 Å². The Balaban J connectivity index is 1.81. The molecule has 1 atom stereocenters. The highest BCUT2D eigenvalue weighted by molar-refractivity contribution is 6.10. The summed E-state index contributed by atoms with van der Waals surface area (Å²) < 4.78 is 65.8. The lowest BCUT2D eigenvalue weighted by Gasteiger charge is -2.23. The maximum Gasteiger partial charge on any atom is 0.416 e. The van der Waals surface area contributed by atoms with Gasteiger partial charge in [0, 0.05) is 6.07 Å². The number of amides is 4. The Hall–Kier alpha value is -3.50. The molecule has 0 saturated carbocycles. The number of anilines is 1. The van der Waals surface area contributed by atoms with E-state index in [0.29, 0.717) is 11.0 Å². The van der Waals surface area contributed by atoms with Crippen LogP contribution in [0.1, 0.15) is 18.1 Å². The van der Waals surface area contributed by atoms with E-state index in [2.05, 4.69) is 5.32 Å². The summed E-state index contributed by atoms with van der Waals surface area (Å²) in [6.45, 7) is 0.349. The number of rotatable bonds is 4. The average Bonchev–Trinajstić information content (AvgIpc) is 2.88. The van der Waals surface area contributed by atoms with Crippen molar-refractivity contribution in [3.05, 3.63) is 65.2 Å². The third-order valence-electron chi connectivity index (χ3n) is 4.55. The van der Waals surface area contributed by atoms with Gasteiger partial charge in [-0.2, -0.15) is 13.2 Å². The molecule has 0 aliphatic carbocycles. The van der Waals surface area contributed by atoms with Gasteiger partial charge in [-0.1, -0.05) is 12.1 Å². The summed E-state index contributed by atoms with van der Waals surface area (Å²) >= 11 is 0. The van der Waals surface area contributed by atoms with Crippen LogP contribution in [0.25, 0.3) is 0 Å². The molecule has 2 aromatic rings. The molecule has 0 aromatic heterocycles. The molecule has 2 aromatic carbocycles. The molecule has 1 aliphatic rings. The van der Waals surface area contributed by atoms with Gasteiger partial charge in [-0.25, -0.2) is 13.6 Å². The Morgan fingerprint density at radius 2 is 1.83 bits per heavy atom. The largest absolute Gasteiger partial charge is 0.416 e. The minimum atomic E-state index is -4.66. The molecule has 6 nitrogen and oxygen atoms in total. The minimum absolute atomic E-state index is 0.130. The third kappa shape index (κ3) is 3.95. The zero-order valence-electron chi connectivity index (χ0n) is 15.3. The summed E-state index contributed by atoms with van der Waals surface area (Å²) in [6, 6.07) is 5.17. The summed E-state index contributed by atoms with van der Waals surface area (Å²) in [5.74, 6) is -3.73. The van der Waals surface area contributed by atoms with Crippen LogP contribution in [0.2, 0.25) is 0 Å². The van der Waals surface area contributed by atoms with Crippen molar-refractivity contribution >= 4 is 23.5 Å². The number of imide groups is 1. The molecule has 1 heterocycles. The molecule has 0 unspecified atom stereocenters. The van der Waals surface area contributed by atoms with Gasteiger partial charge in [0.25, 0.3) is 5.91 Å². The zero-order valence-corrected chi connectivity index (χ0v) is 15.3. The van der Waals surface area contributed by atoms with Crippen molar-refractivity contribution in [2.75, 3.05) is 11.9 Å². The van der Waals surface area contributed by atoms with Crippen molar-refractivity contribution in [2.24, 2.45) is 0 Å². The number of nitrogens with one attached hydrogen (secondary N) is 2. The molecule has 0 bridgehead atoms. The highest BCUT2D eigenvalue weighted by Crippen LogP contribution is 2.34. The van der Waals surface area contributed by atoms with Crippen LogP contribution in [-0.2, 0) is 21.3 Å². The molecule has 158 valence electrons. The first-order chi connectivity index (χ1) is 13.9. The van der Waals surface area contributed by atoms with Crippen LogP contribution in [0.4, 0.5) is 32.4 Å². The second kappa shape index (κ2) is 7.39. The molecule has 3 rings (SSSR count). The summed E-state index contributed by atoms with van der Waals surface area (Å²) in [6.07, 6.45) is -4.66. The number of nitrogens with zero attached hydrogens (tertiary/aromatic N) is 1. The van der Waals surface area contributed by atoms with Gasteiger partial charge < -0.3 is 10.6 Å². The number of carbonyl (C=O) groups excluding carboxylic acids is 3. The molecule has 1 aliphatic heterocycles. The molecule has 30 heavy (non-hydrogen) atoms. The van der Waals surface area contributed by atoms with Crippen LogP contribution in [0.15, 0.2) is 42.5 Å². The second-order valence-electron chi connectivity index (χ2n) is 6.70. The quantitative estimate of drug-likeness (QED) is 0.580. The Bertz CT molecular complexity index is 1040. The Kier molecular flexibility index (Phi) is 5.23. The van der Waals surface area contributed by atoms with Gasteiger partial charge >= 0.3 is 12.2 Å². The van der Waals surface area contributed by atoms with Crippen LogP contribution in [0, 0.1) is 11.6 Å². The molecule has 1 saturated heterocycles. The first-order valence-corrected chi connectivity index (χ1v) is 8.48. The first kappa shape index (κ1) is 21.2. The normalized spacial score (nSPS) is 19.1. The predicted molar refractivity (Wildman–Crippen MR) is 94.0 cm³/mol. The van der Waals surface area contributed by atoms with Crippen molar-refractivity contribution in [1.29, 1.82) is 0 Å². The molecular formula is C19H14F5N3O3. The van der Waals surface area contributed by atoms with E-state index in [9.17, 15) is 36.3 Å². The van der Waals surface area contributed by atoms with Crippen LogP contribution in [-0.4, -0.2) is 29.3 Å². The first-order valence-electron chi connectivity index (χ1n) is 8.48. The highest BCUT2D eigenvalue weighted by Gasteiger charge is 2.50. The van der Waals surface area contributed by atoms with Crippen molar-refractivity contribution in [1.82, 2.24) is 10.2 Å². The molecule has 0 radical (unpaired) electrons. The molecule has 2 N–H and O–H groups in total. The fraction of sp³-hybridized carbons (Fsp3) is 0.211. The van der Waals surface area contributed by atoms with E-state index < -0.39 is 59.0 Å². The average molecular weight is 427 g/mol. The van der Waals surface area contributed by atoms with E-state index in [0.717, 1.165) is 30.3 Å². The number of carbonyl (C=O) groups is 3. The topological polar surface area (TPSA) is 78.5 Å². The Labute approximate surface area is 166 Å². The maximum atomic E-state index is 13.6. The lowest BCUT2D eigenvalue weighted by Crippen LogP contribution is -2.42. The number of halogens is 5. The predicted octanol–water partition coefficient (Wildman–Crippen LogP) is 3.39. The standard InChI is InChI=1S/C19H14F5N3O3/c1-18(10-3-2-4-11(7-10)19(22,23)24)16(29)27(17(30)26-18)9-15(28)25-14-8-12(20)5-6-13(14)21/h2-8H,9H2,1H3,(H,25,28)(H,26,30)/t18-/m0/s1.